The number of hydrogen-bond donors (Lipinski definition) is 1. The van der Waals surface area contributed by atoms with Crippen LogP contribution in [0.1, 0.15) is 5.56 Å². The van der Waals surface area contributed by atoms with Gasteiger partial charge in [-0.25, -0.2) is 15.0 Å². The minimum absolute atomic E-state index is 0.236. The van der Waals surface area contributed by atoms with Gasteiger partial charge in [0.2, 0.25) is 5.95 Å². The van der Waals surface area contributed by atoms with Crippen LogP contribution in [0.25, 0.3) is 16.0 Å². The summed E-state index contributed by atoms with van der Waals surface area (Å²) < 4.78 is 2.56. The highest BCUT2D eigenvalue weighted by molar-refractivity contribution is 7.17. The summed E-state index contributed by atoms with van der Waals surface area (Å²) in [6.45, 7) is 2.02. The zero-order valence-corrected chi connectivity index (χ0v) is 9.27. The molecule has 0 saturated carbocycles. The van der Waals surface area contributed by atoms with Crippen LogP contribution in [-0.2, 0) is 0 Å². The van der Waals surface area contributed by atoms with Crippen molar-refractivity contribution in [3.05, 3.63) is 23.6 Å². The Labute approximate surface area is 94.8 Å². The molecule has 7 heteroatoms. The minimum atomic E-state index is 0.236. The smallest absolute Gasteiger partial charge is 0.239 e. The third-order valence-electron chi connectivity index (χ3n) is 2.24. The Hall–Kier alpha value is -2.02. The Balaban J connectivity index is 2.31. The summed E-state index contributed by atoms with van der Waals surface area (Å²) in [5.41, 5.74) is 7.57. The number of aromatic nitrogens is 5. The van der Waals surface area contributed by atoms with Gasteiger partial charge < -0.3 is 5.73 Å². The van der Waals surface area contributed by atoms with E-state index >= 15 is 0 Å². The number of anilines is 1. The molecule has 80 valence electrons. The molecule has 0 aromatic carbocycles. The highest BCUT2D eigenvalue weighted by Gasteiger charge is 2.10. The van der Waals surface area contributed by atoms with Crippen molar-refractivity contribution in [2.24, 2.45) is 0 Å². The number of hydrogen-bond acceptors (Lipinski definition) is 6. The lowest BCUT2D eigenvalue weighted by molar-refractivity contribution is 0.855. The van der Waals surface area contributed by atoms with Crippen molar-refractivity contribution >= 4 is 27.5 Å². The monoisotopic (exact) mass is 232 g/mol. The number of nitrogens with zero attached hydrogens (tertiary/aromatic N) is 5. The molecule has 16 heavy (non-hydrogen) atoms. The van der Waals surface area contributed by atoms with Crippen LogP contribution in [0.3, 0.4) is 0 Å². The molecule has 0 saturated heterocycles. The van der Waals surface area contributed by atoms with Crippen LogP contribution in [0.4, 0.5) is 5.95 Å². The number of aryl methyl sites for hydroxylation is 1. The molecule has 0 radical (unpaired) electrons. The molecular formula is C9H8N6S. The molecule has 3 aromatic heterocycles. The largest absolute Gasteiger partial charge is 0.366 e. The van der Waals surface area contributed by atoms with E-state index in [1.165, 1.54) is 6.33 Å². The quantitative estimate of drug-likeness (QED) is 0.680. The van der Waals surface area contributed by atoms with Gasteiger partial charge in [-0.2, -0.15) is 4.68 Å². The van der Waals surface area contributed by atoms with Gasteiger partial charge >= 0.3 is 0 Å². The molecule has 3 rings (SSSR count). The minimum Gasteiger partial charge on any atom is -0.366 e. The first-order valence-electron chi connectivity index (χ1n) is 4.62. The van der Waals surface area contributed by atoms with Gasteiger partial charge in [-0.3, -0.25) is 0 Å². The molecule has 3 aromatic rings. The van der Waals surface area contributed by atoms with Crippen molar-refractivity contribution in [3.63, 3.8) is 0 Å². The van der Waals surface area contributed by atoms with Crippen LogP contribution in [0, 0.1) is 6.92 Å². The highest BCUT2D eigenvalue weighted by Crippen LogP contribution is 2.27. The molecule has 0 aliphatic heterocycles. The first-order valence-corrected chi connectivity index (χ1v) is 5.50. The fourth-order valence-electron chi connectivity index (χ4n) is 1.50. The number of rotatable bonds is 1. The van der Waals surface area contributed by atoms with Gasteiger partial charge in [0.15, 0.2) is 5.82 Å². The predicted molar refractivity (Wildman–Crippen MR) is 61.5 cm³/mol. The molecule has 0 fully saturated rings. The van der Waals surface area contributed by atoms with Gasteiger partial charge in [0.1, 0.15) is 12.7 Å². The number of thiophene rings is 1. The summed E-state index contributed by atoms with van der Waals surface area (Å²) in [5, 5.41) is 6.08. The number of fused-ring (bicyclic) bond motifs is 1. The molecule has 0 amide bonds. The maximum atomic E-state index is 5.48. The Kier molecular flexibility index (Phi) is 1.87. The second-order valence-corrected chi connectivity index (χ2v) is 4.22. The predicted octanol–water partition coefficient (Wildman–Crippen LogP) is 1.16. The van der Waals surface area contributed by atoms with E-state index in [4.69, 9.17) is 5.73 Å². The number of nitrogens with two attached hydrogens (primary N) is 1. The Bertz CT molecular complexity index is 655. The van der Waals surface area contributed by atoms with Crippen LogP contribution in [0.2, 0.25) is 0 Å². The molecule has 0 aliphatic rings. The lowest BCUT2D eigenvalue weighted by Crippen LogP contribution is -2.00. The second-order valence-electron chi connectivity index (χ2n) is 3.34. The number of nitrogen functional groups attached to an aromatic ring is 1. The van der Waals surface area contributed by atoms with Gasteiger partial charge in [-0.05, 0) is 17.9 Å². The van der Waals surface area contributed by atoms with E-state index in [1.54, 1.807) is 22.3 Å². The molecule has 0 spiro atoms. The molecule has 0 unspecified atom stereocenters. The van der Waals surface area contributed by atoms with Crippen LogP contribution in [0.5, 0.6) is 0 Å². The molecular weight excluding hydrogens is 224 g/mol. The van der Waals surface area contributed by atoms with Crippen LogP contribution >= 0.6 is 11.3 Å². The summed E-state index contributed by atoms with van der Waals surface area (Å²) in [5.74, 6) is 0.951. The molecule has 0 atom stereocenters. The van der Waals surface area contributed by atoms with E-state index in [0.717, 1.165) is 15.8 Å². The van der Waals surface area contributed by atoms with E-state index in [-0.39, 0.29) is 5.95 Å². The lowest BCUT2D eigenvalue weighted by Gasteiger charge is -1.99. The first-order chi connectivity index (χ1) is 7.75. The summed E-state index contributed by atoms with van der Waals surface area (Å²) in [6, 6.07) is 0. The SMILES string of the molecule is Cc1csc2c(-n3cnc(N)n3)ncnc12. The van der Waals surface area contributed by atoms with E-state index < -0.39 is 0 Å². The maximum absolute atomic E-state index is 5.48. The Morgan fingerprint density at radius 1 is 1.31 bits per heavy atom. The molecule has 2 N–H and O–H groups in total. The normalized spacial score (nSPS) is 11.1. The van der Waals surface area contributed by atoms with Crippen LogP contribution < -0.4 is 5.73 Å². The van der Waals surface area contributed by atoms with Crippen LogP contribution in [-0.4, -0.2) is 24.7 Å². The van der Waals surface area contributed by atoms with Crippen molar-refractivity contribution in [2.75, 3.05) is 5.73 Å². The molecule has 0 aliphatic carbocycles. The molecule has 6 nitrogen and oxygen atoms in total. The maximum Gasteiger partial charge on any atom is 0.239 e. The van der Waals surface area contributed by atoms with Crippen molar-refractivity contribution < 1.29 is 0 Å². The van der Waals surface area contributed by atoms with E-state index in [1.807, 2.05) is 12.3 Å². The molecule has 3 heterocycles. The summed E-state index contributed by atoms with van der Waals surface area (Å²) in [4.78, 5) is 12.3. The van der Waals surface area contributed by atoms with Crippen molar-refractivity contribution in [3.8, 4) is 5.82 Å². The van der Waals surface area contributed by atoms with Gasteiger partial charge in [-0.15, -0.1) is 16.4 Å². The average Bonchev–Trinajstić information content (AvgIpc) is 2.86. The highest BCUT2D eigenvalue weighted by atomic mass is 32.1. The third kappa shape index (κ3) is 1.25. The molecule has 0 bridgehead atoms. The van der Waals surface area contributed by atoms with Gasteiger partial charge in [0.05, 0.1) is 10.2 Å². The topological polar surface area (TPSA) is 82.5 Å². The summed E-state index contributed by atoms with van der Waals surface area (Å²) in [7, 11) is 0. The van der Waals surface area contributed by atoms with Gasteiger partial charge in [0.25, 0.3) is 0 Å². The van der Waals surface area contributed by atoms with E-state index in [9.17, 15) is 0 Å². The lowest BCUT2D eigenvalue weighted by atomic mass is 10.3. The fourth-order valence-corrected chi connectivity index (χ4v) is 2.48. The summed E-state index contributed by atoms with van der Waals surface area (Å²) >= 11 is 1.59. The van der Waals surface area contributed by atoms with Crippen molar-refractivity contribution in [2.45, 2.75) is 6.92 Å². The van der Waals surface area contributed by atoms with Gasteiger partial charge in [0, 0.05) is 0 Å². The average molecular weight is 232 g/mol. The Morgan fingerprint density at radius 2 is 2.19 bits per heavy atom. The van der Waals surface area contributed by atoms with Gasteiger partial charge in [-0.1, -0.05) is 0 Å². The Morgan fingerprint density at radius 3 is 2.94 bits per heavy atom. The summed E-state index contributed by atoms with van der Waals surface area (Å²) in [6.07, 6.45) is 3.07. The van der Waals surface area contributed by atoms with Crippen LogP contribution in [0.15, 0.2) is 18.0 Å². The second kappa shape index (κ2) is 3.24. The van der Waals surface area contributed by atoms with Crippen molar-refractivity contribution in [1.29, 1.82) is 0 Å². The third-order valence-corrected chi connectivity index (χ3v) is 3.32. The van der Waals surface area contributed by atoms with Crippen molar-refractivity contribution in [1.82, 2.24) is 24.7 Å². The van der Waals surface area contributed by atoms with E-state index in [2.05, 4.69) is 20.1 Å². The fraction of sp³-hybridized carbons (Fsp3) is 0.111. The first kappa shape index (κ1) is 9.22. The van der Waals surface area contributed by atoms with E-state index in [0.29, 0.717) is 5.82 Å². The zero-order valence-electron chi connectivity index (χ0n) is 8.45. The standard InChI is InChI=1S/C9H8N6S/c1-5-2-16-7-6(5)11-3-12-8(7)15-4-13-9(10)14-15/h2-4H,1H3,(H2,10,14). The zero-order chi connectivity index (χ0) is 11.1.